The van der Waals surface area contributed by atoms with E-state index < -0.39 is 73.1 Å². The first-order valence-corrected chi connectivity index (χ1v) is 20.2. The number of aliphatic hydroxyl groups excluding tert-OH is 1. The first kappa shape index (κ1) is 40.0. The first-order chi connectivity index (χ1) is 22.6. The van der Waals surface area contributed by atoms with Crippen molar-refractivity contribution < 1.29 is 35.5 Å². The number of nitrogens with zero attached hydrogens (tertiary/aromatic N) is 1. The van der Waals surface area contributed by atoms with Gasteiger partial charge in [0.05, 0.1) is 21.4 Å². The lowest BCUT2D eigenvalue weighted by molar-refractivity contribution is -0.134. The Labute approximate surface area is 291 Å². The molecule has 1 heterocycles. The van der Waals surface area contributed by atoms with E-state index in [1.165, 1.54) is 17.0 Å². The van der Waals surface area contributed by atoms with Gasteiger partial charge < -0.3 is 15.7 Å². The Morgan fingerprint density at radius 2 is 1.58 bits per heavy atom. The SMILES string of the molecule is CCCC(CCC)S(=O)(=O)C[C@H](NS(=O)(=O)c1ccc(Cl)s1)C(=O)N(Cc1cccc(CC)c1)C[C@@H](O)[C@@H](N)Cc1cc(F)cc(F)c1. The molecule has 0 bridgehead atoms. The average Bonchev–Trinajstić information content (AvgIpc) is 3.46. The summed E-state index contributed by atoms with van der Waals surface area (Å²) in [4.78, 5) is 15.6. The number of nitrogens with one attached hydrogen (secondary N) is 1. The summed E-state index contributed by atoms with van der Waals surface area (Å²) in [7, 11) is -8.41. The molecular formula is C33H44ClF2N3O6S3. The molecule has 9 nitrogen and oxygen atoms in total. The Balaban J connectivity index is 2.03. The van der Waals surface area contributed by atoms with Crippen LogP contribution in [0.2, 0.25) is 4.34 Å². The maximum atomic E-state index is 14.4. The van der Waals surface area contributed by atoms with Gasteiger partial charge in [-0.05, 0) is 66.6 Å². The molecule has 0 saturated carbocycles. The van der Waals surface area contributed by atoms with Gasteiger partial charge in [-0.25, -0.2) is 25.6 Å². The molecule has 2 aromatic carbocycles. The maximum Gasteiger partial charge on any atom is 0.250 e. The van der Waals surface area contributed by atoms with E-state index in [2.05, 4.69) is 4.72 Å². The van der Waals surface area contributed by atoms with Crippen LogP contribution in [0.5, 0.6) is 0 Å². The van der Waals surface area contributed by atoms with Crippen molar-refractivity contribution in [3.05, 3.63) is 87.3 Å². The molecule has 3 rings (SSSR count). The largest absolute Gasteiger partial charge is 0.390 e. The van der Waals surface area contributed by atoms with Crippen LogP contribution < -0.4 is 10.5 Å². The van der Waals surface area contributed by atoms with Crippen molar-refractivity contribution in [2.75, 3.05) is 12.3 Å². The number of halogens is 3. The number of aryl methyl sites for hydroxylation is 1. The summed E-state index contributed by atoms with van der Waals surface area (Å²) in [5.74, 6) is -3.33. The highest BCUT2D eigenvalue weighted by molar-refractivity contribution is 7.92. The van der Waals surface area contributed by atoms with Crippen LogP contribution in [-0.4, -0.2) is 68.5 Å². The molecule has 266 valence electrons. The Morgan fingerprint density at radius 3 is 2.15 bits per heavy atom. The number of sulfonamides is 1. The smallest absolute Gasteiger partial charge is 0.250 e. The van der Waals surface area contributed by atoms with E-state index in [4.69, 9.17) is 17.3 Å². The number of aliphatic hydroxyl groups is 1. The number of carbonyl (C=O) groups excluding carboxylic acids is 1. The number of thiophene rings is 1. The summed E-state index contributed by atoms with van der Waals surface area (Å²) < 4.78 is 84.4. The van der Waals surface area contributed by atoms with Gasteiger partial charge in [0.25, 0.3) is 10.0 Å². The zero-order valence-corrected chi connectivity index (χ0v) is 30.4. The second-order valence-corrected chi connectivity index (χ2v) is 17.8. The molecule has 15 heteroatoms. The van der Waals surface area contributed by atoms with Crippen molar-refractivity contribution in [3.8, 4) is 0 Å². The summed E-state index contributed by atoms with van der Waals surface area (Å²) in [5, 5.41) is 10.4. The van der Waals surface area contributed by atoms with E-state index in [9.17, 15) is 35.5 Å². The fourth-order valence-electron chi connectivity index (χ4n) is 5.48. The van der Waals surface area contributed by atoms with Gasteiger partial charge in [0.15, 0.2) is 9.84 Å². The van der Waals surface area contributed by atoms with E-state index in [0.29, 0.717) is 43.7 Å². The molecule has 0 saturated heterocycles. The molecule has 4 N–H and O–H groups in total. The third-order valence-corrected chi connectivity index (χ3v) is 13.4. The molecule has 0 spiro atoms. The highest BCUT2D eigenvalue weighted by atomic mass is 35.5. The van der Waals surface area contributed by atoms with Crippen LogP contribution in [0.3, 0.4) is 0 Å². The fourth-order valence-corrected chi connectivity index (χ4v) is 10.4. The maximum absolute atomic E-state index is 14.4. The van der Waals surface area contributed by atoms with Gasteiger partial charge in [-0.15, -0.1) is 11.3 Å². The molecule has 1 amide bonds. The standard InChI is InChI=1S/C33H44ClF2N3O6S3/c1-4-8-27(9-5-2)47(42,43)21-29(38-48(44,45)32-13-12-31(34)46-32)33(41)39(19-23-11-7-10-22(6-3)14-23)20-30(40)28(37)17-24-15-25(35)18-26(36)16-24/h7,10-16,18,27-30,38,40H,4-6,8-9,17,19-21,37H2,1-3H3/t28-,29-,30+/m0/s1. The predicted octanol–water partition coefficient (Wildman–Crippen LogP) is 5.23. The lowest BCUT2D eigenvalue weighted by Crippen LogP contribution is -2.55. The van der Waals surface area contributed by atoms with Crippen molar-refractivity contribution in [1.82, 2.24) is 9.62 Å². The number of nitrogens with two attached hydrogens (primary N) is 1. The highest BCUT2D eigenvalue weighted by Gasteiger charge is 2.37. The molecule has 0 aliphatic rings. The van der Waals surface area contributed by atoms with E-state index in [1.54, 1.807) is 12.1 Å². The van der Waals surface area contributed by atoms with Crippen molar-refractivity contribution in [1.29, 1.82) is 0 Å². The molecular weight excluding hydrogens is 704 g/mol. The van der Waals surface area contributed by atoms with Gasteiger partial charge in [0.1, 0.15) is 21.9 Å². The second-order valence-electron chi connectivity index (χ2n) is 11.9. The van der Waals surface area contributed by atoms with Crippen molar-refractivity contribution in [2.24, 2.45) is 5.73 Å². The Bertz CT molecular complexity index is 1710. The van der Waals surface area contributed by atoms with Crippen LogP contribution in [-0.2, 0) is 44.0 Å². The number of amides is 1. The van der Waals surface area contributed by atoms with Crippen molar-refractivity contribution in [2.45, 2.75) is 93.5 Å². The average molecular weight is 748 g/mol. The Kier molecular flexibility index (Phi) is 15.0. The van der Waals surface area contributed by atoms with E-state index in [1.807, 2.05) is 32.9 Å². The molecule has 0 radical (unpaired) electrons. The highest BCUT2D eigenvalue weighted by Crippen LogP contribution is 2.26. The lowest BCUT2D eigenvalue weighted by Gasteiger charge is -2.32. The number of rotatable bonds is 19. The molecule has 0 aliphatic carbocycles. The molecule has 48 heavy (non-hydrogen) atoms. The minimum absolute atomic E-state index is 0.110. The minimum atomic E-state index is -4.40. The van der Waals surface area contributed by atoms with Crippen LogP contribution in [0.4, 0.5) is 8.78 Å². The number of carbonyl (C=O) groups is 1. The van der Waals surface area contributed by atoms with E-state index >= 15 is 0 Å². The fraction of sp³-hybridized carbons (Fsp3) is 0.485. The molecule has 0 aliphatic heterocycles. The Morgan fingerprint density at radius 1 is 0.958 bits per heavy atom. The van der Waals surface area contributed by atoms with E-state index in [0.717, 1.165) is 29.0 Å². The summed E-state index contributed by atoms with van der Waals surface area (Å²) in [6.07, 6.45) is 0.940. The summed E-state index contributed by atoms with van der Waals surface area (Å²) in [6, 6.07) is 9.97. The van der Waals surface area contributed by atoms with Gasteiger partial charge in [0, 0.05) is 25.2 Å². The summed E-state index contributed by atoms with van der Waals surface area (Å²) >= 11 is 6.74. The van der Waals surface area contributed by atoms with Gasteiger partial charge in [-0.2, -0.15) is 4.72 Å². The van der Waals surface area contributed by atoms with Crippen LogP contribution in [0.15, 0.2) is 58.8 Å². The van der Waals surface area contributed by atoms with Crippen LogP contribution in [0.1, 0.15) is 63.1 Å². The molecule has 0 unspecified atom stereocenters. The van der Waals surface area contributed by atoms with Crippen LogP contribution in [0.25, 0.3) is 0 Å². The predicted molar refractivity (Wildman–Crippen MR) is 186 cm³/mol. The number of sulfone groups is 1. The summed E-state index contributed by atoms with van der Waals surface area (Å²) in [5.41, 5.74) is 8.05. The van der Waals surface area contributed by atoms with Crippen molar-refractivity contribution >= 4 is 48.7 Å². The third-order valence-electron chi connectivity index (χ3n) is 7.92. The van der Waals surface area contributed by atoms with Gasteiger partial charge in [-0.3, -0.25) is 4.79 Å². The van der Waals surface area contributed by atoms with E-state index in [-0.39, 0.29) is 27.1 Å². The van der Waals surface area contributed by atoms with Gasteiger partial charge in [0.2, 0.25) is 5.91 Å². The molecule has 3 aromatic rings. The first-order valence-electron chi connectivity index (χ1n) is 15.8. The van der Waals surface area contributed by atoms with Gasteiger partial charge in [-0.1, -0.05) is 69.5 Å². The van der Waals surface area contributed by atoms with Crippen molar-refractivity contribution in [3.63, 3.8) is 0 Å². The number of hydrogen-bond acceptors (Lipinski definition) is 8. The van der Waals surface area contributed by atoms with Crippen LogP contribution >= 0.6 is 22.9 Å². The summed E-state index contributed by atoms with van der Waals surface area (Å²) in [6.45, 7) is 5.11. The quantitative estimate of drug-likeness (QED) is 0.152. The van der Waals surface area contributed by atoms with Crippen LogP contribution in [0, 0.1) is 11.6 Å². The second kappa shape index (κ2) is 18.0. The monoisotopic (exact) mass is 747 g/mol. The zero-order valence-electron chi connectivity index (χ0n) is 27.2. The topological polar surface area (TPSA) is 147 Å². The van der Waals surface area contributed by atoms with Gasteiger partial charge >= 0.3 is 0 Å². The molecule has 1 aromatic heterocycles. The number of hydrogen-bond donors (Lipinski definition) is 3. The lowest BCUT2D eigenvalue weighted by atomic mass is 10.0. The normalized spacial score (nSPS) is 14.2. The minimum Gasteiger partial charge on any atom is -0.390 e. The Hall–Kier alpha value is -2.46. The third kappa shape index (κ3) is 11.6. The zero-order chi connectivity index (χ0) is 35.6. The molecule has 0 fully saturated rings. The number of benzene rings is 2. The molecule has 3 atom stereocenters.